The first kappa shape index (κ1) is 37.5. The Balaban J connectivity index is 0.00000520. The maximum atomic E-state index is 14.7. The first-order valence-corrected chi connectivity index (χ1v) is 17.5. The number of halogens is 6. The van der Waals surface area contributed by atoms with Gasteiger partial charge < -0.3 is 9.64 Å². The largest absolute Gasteiger partial charge is 0.493 e. The molecule has 1 fully saturated rings. The van der Waals surface area contributed by atoms with Crippen LogP contribution >= 0.6 is 35.6 Å². The highest BCUT2D eigenvalue weighted by molar-refractivity contribution is 7.84. The summed E-state index contributed by atoms with van der Waals surface area (Å²) in [6.45, 7) is 4.78. The van der Waals surface area contributed by atoms with Crippen LogP contribution in [0.2, 0.25) is 10.0 Å². The fraction of sp³-hybridized carbons (Fsp3) is 0.353. The summed E-state index contributed by atoms with van der Waals surface area (Å²) in [7, 11) is -0.916. The van der Waals surface area contributed by atoms with E-state index in [1.807, 2.05) is 24.3 Å². The molecular weight excluding hydrogens is 708 g/mol. The van der Waals surface area contributed by atoms with Gasteiger partial charge in [0.15, 0.2) is 0 Å². The average molecular weight is 742 g/mol. The molecule has 3 atom stereocenters. The van der Waals surface area contributed by atoms with Crippen LogP contribution in [0.3, 0.4) is 0 Å². The van der Waals surface area contributed by atoms with Gasteiger partial charge in [-0.2, -0.15) is 13.2 Å². The van der Waals surface area contributed by atoms with E-state index in [1.165, 1.54) is 18.1 Å². The van der Waals surface area contributed by atoms with Crippen LogP contribution in [0.15, 0.2) is 71.7 Å². The van der Waals surface area contributed by atoms with Gasteiger partial charge in [-0.1, -0.05) is 53.4 Å². The number of amidine groups is 1. The van der Waals surface area contributed by atoms with Crippen molar-refractivity contribution in [2.45, 2.75) is 25.2 Å². The van der Waals surface area contributed by atoms with Gasteiger partial charge in [-0.15, -0.1) is 12.4 Å². The zero-order chi connectivity index (χ0) is 33.7. The molecule has 1 saturated heterocycles. The Kier molecular flexibility index (Phi) is 12.8. The summed E-state index contributed by atoms with van der Waals surface area (Å²) in [5, 5.41) is 1.08. The standard InChI is InChI=1S/C34H33Cl2F3N4O3S.ClH/c1-3-46-29-22-23(14-15-34(37,38)39)4-13-28(29)32-40-30(24-5-9-26(35)10-6-24)31(25-7-11-27(36)12-8-25)43(32)33(44)42-18-16-41(17-19-42)20-21-47(2)45;/h4-13,22,30-31H,3,16-21H2,1-2H3;1H/t30-,31+,47?;/m0./s1. The van der Waals surface area contributed by atoms with Gasteiger partial charge in [-0.05, 0) is 60.5 Å². The average Bonchev–Trinajstić information content (AvgIpc) is 3.43. The molecule has 2 amide bonds. The van der Waals surface area contributed by atoms with Crippen LogP contribution in [0.5, 0.6) is 5.75 Å². The molecule has 0 spiro atoms. The molecule has 0 saturated carbocycles. The highest BCUT2D eigenvalue weighted by Crippen LogP contribution is 2.45. The van der Waals surface area contributed by atoms with Crippen LogP contribution in [0, 0.1) is 11.8 Å². The van der Waals surface area contributed by atoms with E-state index in [1.54, 1.807) is 53.3 Å². The zero-order valence-corrected chi connectivity index (χ0v) is 29.3. The summed E-state index contributed by atoms with van der Waals surface area (Å²) in [5.74, 6) is 4.58. The van der Waals surface area contributed by atoms with Crippen molar-refractivity contribution in [1.82, 2.24) is 14.7 Å². The normalized spacial score (nSPS) is 18.8. The topological polar surface area (TPSA) is 65.5 Å². The molecular formula is C34H34Cl3F3N4O3S. The predicted molar refractivity (Wildman–Crippen MR) is 187 cm³/mol. The minimum atomic E-state index is -4.65. The van der Waals surface area contributed by atoms with Crippen molar-refractivity contribution < 1.29 is 26.9 Å². The third-order valence-electron chi connectivity index (χ3n) is 7.90. The molecule has 3 aromatic carbocycles. The molecule has 7 nitrogen and oxygen atoms in total. The quantitative estimate of drug-likeness (QED) is 0.226. The molecule has 2 heterocycles. The molecule has 2 aliphatic rings. The fourth-order valence-corrected chi connectivity index (χ4v) is 6.40. The van der Waals surface area contributed by atoms with Gasteiger partial charge in [0.25, 0.3) is 0 Å². The highest BCUT2D eigenvalue weighted by atomic mass is 35.5. The monoisotopic (exact) mass is 740 g/mol. The van der Waals surface area contributed by atoms with E-state index in [0.717, 1.165) is 11.1 Å². The zero-order valence-electron chi connectivity index (χ0n) is 26.2. The maximum Gasteiger partial charge on any atom is 0.458 e. The van der Waals surface area contributed by atoms with Crippen molar-refractivity contribution in [2.24, 2.45) is 4.99 Å². The van der Waals surface area contributed by atoms with Gasteiger partial charge >= 0.3 is 12.2 Å². The van der Waals surface area contributed by atoms with E-state index >= 15 is 0 Å². The smallest absolute Gasteiger partial charge is 0.458 e. The SMILES string of the molecule is CCOc1cc(C#CC(F)(F)F)ccc1C1=N[C@@H](c2ccc(Cl)cc2)[C@@H](c2ccc(Cl)cc2)N1C(=O)N1CCN(CCS(C)=O)CC1.Cl. The van der Waals surface area contributed by atoms with E-state index in [9.17, 15) is 22.2 Å². The van der Waals surface area contributed by atoms with Gasteiger partial charge in [0.1, 0.15) is 17.6 Å². The summed E-state index contributed by atoms with van der Waals surface area (Å²) in [4.78, 5) is 25.4. The number of carbonyl (C=O) groups is 1. The number of urea groups is 1. The molecule has 5 rings (SSSR count). The van der Waals surface area contributed by atoms with Crippen LogP contribution in [0.25, 0.3) is 0 Å². The van der Waals surface area contributed by atoms with Crippen molar-refractivity contribution in [3.63, 3.8) is 0 Å². The Bertz CT molecular complexity index is 1700. The van der Waals surface area contributed by atoms with E-state index in [-0.39, 0.29) is 36.4 Å². The summed E-state index contributed by atoms with van der Waals surface area (Å²) in [6, 6.07) is 17.5. The van der Waals surface area contributed by atoms with E-state index in [4.69, 9.17) is 32.9 Å². The molecule has 0 bridgehead atoms. The third kappa shape index (κ3) is 9.24. The first-order valence-electron chi connectivity index (χ1n) is 15.0. The number of rotatable bonds is 8. The Morgan fingerprint density at radius 3 is 2.15 bits per heavy atom. The van der Waals surface area contributed by atoms with Crippen LogP contribution in [-0.4, -0.2) is 88.3 Å². The van der Waals surface area contributed by atoms with E-state index < -0.39 is 29.1 Å². The molecule has 0 aliphatic carbocycles. The maximum absolute atomic E-state index is 14.7. The molecule has 1 unspecified atom stereocenters. The molecule has 2 aliphatic heterocycles. The molecule has 0 N–H and O–H groups in total. The lowest BCUT2D eigenvalue weighted by Crippen LogP contribution is -2.54. The van der Waals surface area contributed by atoms with E-state index in [0.29, 0.717) is 59.9 Å². The van der Waals surface area contributed by atoms with Crippen molar-refractivity contribution in [2.75, 3.05) is 51.3 Å². The van der Waals surface area contributed by atoms with Crippen LogP contribution < -0.4 is 4.74 Å². The van der Waals surface area contributed by atoms with Crippen LogP contribution in [0.1, 0.15) is 41.3 Å². The number of aliphatic imine (C=N–C) groups is 1. The minimum absolute atomic E-state index is 0. The van der Waals surface area contributed by atoms with Gasteiger partial charge in [0, 0.05) is 77.1 Å². The lowest BCUT2D eigenvalue weighted by molar-refractivity contribution is -0.0696. The summed E-state index contributed by atoms with van der Waals surface area (Å²) in [5.41, 5.74) is 2.15. The Morgan fingerprint density at radius 2 is 1.58 bits per heavy atom. The van der Waals surface area contributed by atoms with Crippen molar-refractivity contribution in [1.29, 1.82) is 0 Å². The number of hydrogen-bond acceptors (Lipinski definition) is 5. The van der Waals surface area contributed by atoms with Crippen LogP contribution in [0.4, 0.5) is 18.0 Å². The Labute approximate surface area is 296 Å². The molecule has 3 aromatic rings. The predicted octanol–water partition coefficient (Wildman–Crippen LogP) is 7.39. The van der Waals surface area contributed by atoms with Crippen molar-refractivity contribution in [3.8, 4) is 17.6 Å². The van der Waals surface area contributed by atoms with Crippen molar-refractivity contribution in [3.05, 3.63) is 99.0 Å². The molecule has 256 valence electrons. The number of hydrogen-bond donors (Lipinski definition) is 0. The van der Waals surface area contributed by atoms with Gasteiger partial charge in [0.05, 0.1) is 18.2 Å². The summed E-state index contributed by atoms with van der Waals surface area (Å²) in [6.07, 6.45) is -2.98. The van der Waals surface area contributed by atoms with Gasteiger partial charge in [0.2, 0.25) is 0 Å². The minimum Gasteiger partial charge on any atom is -0.493 e. The molecule has 0 radical (unpaired) electrons. The molecule has 0 aromatic heterocycles. The number of ether oxygens (including phenoxy) is 1. The fourth-order valence-electron chi connectivity index (χ4n) is 5.63. The van der Waals surface area contributed by atoms with E-state index in [2.05, 4.69) is 10.8 Å². The lowest BCUT2D eigenvalue weighted by Gasteiger charge is -2.39. The van der Waals surface area contributed by atoms with Crippen molar-refractivity contribution >= 4 is 58.3 Å². The number of amides is 2. The number of nitrogens with zero attached hydrogens (tertiary/aromatic N) is 4. The summed E-state index contributed by atoms with van der Waals surface area (Å²) < 4.78 is 56.2. The number of benzene rings is 3. The number of piperazine rings is 1. The number of alkyl halides is 3. The Hall–Kier alpha value is -3.27. The highest BCUT2D eigenvalue weighted by Gasteiger charge is 2.45. The second kappa shape index (κ2) is 16.4. The third-order valence-corrected chi connectivity index (χ3v) is 9.17. The van der Waals surface area contributed by atoms with Gasteiger partial charge in [-0.3, -0.25) is 19.0 Å². The van der Waals surface area contributed by atoms with Gasteiger partial charge in [-0.25, -0.2) is 4.79 Å². The lowest BCUT2D eigenvalue weighted by atomic mass is 9.93. The Morgan fingerprint density at radius 1 is 0.979 bits per heavy atom. The second-order valence-corrected chi connectivity index (χ2v) is 13.5. The second-order valence-electron chi connectivity index (χ2n) is 11.1. The first-order chi connectivity index (χ1) is 22.4. The molecule has 14 heteroatoms. The molecule has 48 heavy (non-hydrogen) atoms. The van der Waals surface area contributed by atoms with Crippen LogP contribution in [-0.2, 0) is 10.8 Å². The summed E-state index contributed by atoms with van der Waals surface area (Å²) >= 11 is 12.5. The number of carbonyl (C=O) groups excluding carboxylic acids is 1.